The Labute approximate surface area is 113 Å². The molecule has 1 atom stereocenters. The molecule has 2 aliphatic rings. The lowest BCUT2D eigenvalue weighted by Gasteiger charge is -2.14. The lowest BCUT2D eigenvalue weighted by Crippen LogP contribution is -2.19. The average molecular weight is 260 g/mol. The molecule has 0 spiro atoms. The van der Waals surface area contributed by atoms with Gasteiger partial charge in [-0.25, -0.2) is 0 Å². The van der Waals surface area contributed by atoms with Gasteiger partial charge in [0.2, 0.25) is 0 Å². The maximum absolute atomic E-state index is 12.4. The summed E-state index contributed by atoms with van der Waals surface area (Å²) in [5, 5.41) is 0. The van der Waals surface area contributed by atoms with Crippen molar-refractivity contribution in [1.29, 1.82) is 0 Å². The third-order valence-electron chi connectivity index (χ3n) is 3.95. The molecule has 1 fully saturated rings. The highest BCUT2D eigenvalue weighted by atomic mass is 16.5. The number of fused-ring (bicyclic) bond motifs is 1. The summed E-state index contributed by atoms with van der Waals surface area (Å²) in [7, 11) is 0. The second-order valence-electron chi connectivity index (χ2n) is 5.45. The van der Waals surface area contributed by atoms with E-state index < -0.39 is 0 Å². The molecule has 1 saturated heterocycles. The van der Waals surface area contributed by atoms with Gasteiger partial charge in [-0.3, -0.25) is 4.79 Å². The minimum atomic E-state index is -0.232. The van der Waals surface area contributed by atoms with Crippen LogP contribution >= 0.6 is 0 Å². The second kappa shape index (κ2) is 5.33. The molecule has 102 valence electrons. The first kappa shape index (κ1) is 12.7. The van der Waals surface area contributed by atoms with Gasteiger partial charge in [0, 0.05) is 12.2 Å². The van der Waals surface area contributed by atoms with Crippen LogP contribution < -0.4 is 4.74 Å². The van der Waals surface area contributed by atoms with Crippen molar-refractivity contribution in [3.63, 3.8) is 0 Å². The van der Waals surface area contributed by atoms with Crippen molar-refractivity contribution in [3.05, 3.63) is 28.8 Å². The van der Waals surface area contributed by atoms with Gasteiger partial charge in [-0.2, -0.15) is 0 Å². The van der Waals surface area contributed by atoms with Gasteiger partial charge in [-0.1, -0.05) is 0 Å². The maximum Gasteiger partial charge on any atom is 0.191 e. The van der Waals surface area contributed by atoms with E-state index in [1.165, 1.54) is 5.56 Å². The molecule has 0 bridgehead atoms. The van der Waals surface area contributed by atoms with Crippen LogP contribution in [0.2, 0.25) is 0 Å². The van der Waals surface area contributed by atoms with Crippen molar-refractivity contribution in [3.8, 4) is 5.75 Å². The number of Topliss-reactive ketones (excluding diaryl/α,β-unsaturated/α-hetero) is 1. The first-order valence-electron chi connectivity index (χ1n) is 7.18. The Morgan fingerprint density at radius 3 is 2.89 bits per heavy atom. The van der Waals surface area contributed by atoms with Crippen LogP contribution in [0.25, 0.3) is 0 Å². The molecule has 1 aromatic rings. The number of rotatable bonds is 2. The summed E-state index contributed by atoms with van der Waals surface area (Å²) < 4.78 is 11.3. The van der Waals surface area contributed by atoms with Crippen LogP contribution in [0.3, 0.4) is 0 Å². The SMILES string of the molecule is Cc1cc(C(=O)C2CCCO2)cc2c1OCCCC2. The summed E-state index contributed by atoms with van der Waals surface area (Å²) in [6.45, 7) is 3.52. The van der Waals surface area contributed by atoms with Gasteiger partial charge in [-0.05, 0) is 62.3 Å². The normalized spacial score (nSPS) is 22.5. The first-order chi connectivity index (χ1) is 9.25. The molecule has 19 heavy (non-hydrogen) atoms. The Hall–Kier alpha value is -1.35. The molecule has 3 nitrogen and oxygen atoms in total. The van der Waals surface area contributed by atoms with Crippen molar-refractivity contribution in [2.24, 2.45) is 0 Å². The van der Waals surface area contributed by atoms with E-state index in [0.29, 0.717) is 6.61 Å². The molecule has 0 aliphatic carbocycles. The lowest BCUT2D eigenvalue weighted by atomic mass is 9.96. The number of hydrogen-bond donors (Lipinski definition) is 0. The number of aryl methyl sites for hydroxylation is 2. The molecule has 3 heteroatoms. The average Bonchev–Trinajstić information content (AvgIpc) is 2.83. The molecule has 3 rings (SSSR count). The standard InChI is InChI=1S/C16H20O3/c1-11-9-13(15(17)14-6-4-8-18-14)10-12-5-2-3-7-19-16(11)12/h9-10,14H,2-8H2,1H3. The Bertz CT molecular complexity index is 487. The fraction of sp³-hybridized carbons (Fsp3) is 0.562. The number of ketones is 1. The third-order valence-corrected chi connectivity index (χ3v) is 3.95. The number of ether oxygens (including phenoxy) is 2. The van der Waals surface area contributed by atoms with Crippen molar-refractivity contribution in [1.82, 2.24) is 0 Å². The predicted octanol–water partition coefficient (Wildman–Crippen LogP) is 3.07. The van der Waals surface area contributed by atoms with Gasteiger partial charge in [0.05, 0.1) is 6.61 Å². The summed E-state index contributed by atoms with van der Waals surface area (Å²) in [5.74, 6) is 1.12. The van der Waals surface area contributed by atoms with Crippen LogP contribution in [-0.2, 0) is 11.2 Å². The Morgan fingerprint density at radius 1 is 1.21 bits per heavy atom. The molecule has 0 radical (unpaired) electrons. The molecule has 1 unspecified atom stereocenters. The number of hydrogen-bond acceptors (Lipinski definition) is 3. The largest absolute Gasteiger partial charge is 0.493 e. The monoisotopic (exact) mass is 260 g/mol. The van der Waals surface area contributed by atoms with Crippen LogP contribution in [0.15, 0.2) is 12.1 Å². The smallest absolute Gasteiger partial charge is 0.191 e. The summed E-state index contributed by atoms with van der Waals surface area (Å²) in [6.07, 6.45) is 4.83. The van der Waals surface area contributed by atoms with Crippen molar-refractivity contribution < 1.29 is 14.3 Å². The molecular weight excluding hydrogens is 240 g/mol. The van der Waals surface area contributed by atoms with Gasteiger partial charge in [0.15, 0.2) is 5.78 Å². The van der Waals surface area contributed by atoms with E-state index in [9.17, 15) is 4.79 Å². The van der Waals surface area contributed by atoms with E-state index in [-0.39, 0.29) is 11.9 Å². The molecule has 0 amide bonds. The van der Waals surface area contributed by atoms with Gasteiger partial charge in [-0.15, -0.1) is 0 Å². The maximum atomic E-state index is 12.4. The lowest BCUT2D eigenvalue weighted by molar-refractivity contribution is 0.0642. The molecule has 2 heterocycles. The van der Waals surface area contributed by atoms with E-state index in [1.807, 2.05) is 19.1 Å². The van der Waals surface area contributed by atoms with Crippen molar-refractivity contribution in [2.45, 2.75) is 45.1 Å². The fourth-order valence-corrected chi connectivity index (χ4v) is 2.94. The van der Waals surface area contributed by atoms with Gasteiger partial charge in [0.1, 0.15) is 11.9 Å². The van der Waals surface area contributed by atoms with E-state index in [2.05, 4.69) is 0 Å². The first-order valence-corrected chi connectivity index (χ1v) is 7.18. The zero-order valence-corrected chi connectivity index (χ0v) is 11.4. The molecule has 1 aromatic carbocycles. The van der Waals surface area contributed by atoms with Crippen molar-refractivity contribution >= 4 is 5.78 Å². The van der Waals surface area contributed by atoms with Crippen molar-refractivity contribution in [2.75, 3.05) is 13.2 Å². The summed E-state index contributed by atoms with van der Waals surface area (Å²) in [4.78, 5) is 12.4. The minimum Gasteiger partial charge on any atom is -0.493 e. The van der Waals surface area contributed by atoms with Gasteiger partial charge in [0.25, 0.3) is 0 Å². The van der Waals surface area contributed by atoms with Crippen LogP contribution in [0, 0.1) is 6.92 Å². The molecule has 2 aliphatic heterocycles. The highest BCUT2D eigenvalue weighted by molar-refractivity contribution is 6.00. The molecular formula is C16H20O3. The van der Waals surface area contributed by atoms with Crippen LogP contribution in [0.1, 0.15) is 47.2 Å². The van der Waals surface area contributed by atoms with Crippen LogP contribution in [-0.4, -0.2) is 25.1 Å². The van der Waals surface area contributed by atoms with E-state index >= 15 is 0 Å². The minimum absolute atomic E-state index is 0.132. The highest BCUT2D eigenvalue weighted by Gasteiger charge is 2.26. The van der Waals surface area contributed by atoms with E-state index in [1.54, 1.807) is 0 Å². The third kappa shape index (κ3) is 2.52. The van der Waals surface area contributed by atoms with E-state index in [0.717, 1.165) is 55.6 Å². The number of carbonyl (C=O) groups excluding carboxylic acids is 1. The second-order valence-corrected chi connectivity index (χ2v) is 5.45. The summed E-state index contributed by atoms with van der Waals surface area (Å²) in [5.41, 5.74) is 3.04. The Morgan fingerprint density at radius 2 is 2.11 bits per heavy atom. The molecule has 0 N–H and O–H groups in total. The predicted molar refractivity (Wildman–Crippen MR) is 72.9 cm³/mol. The van der Waals surface area contributed by atoms with Crippen LogP contribution in [0.5, 0.6) is 5.75 Å². The van der Waals surface area contributed by atoms with Gasteiger partial charge >= 0.3 is 0 Å². The molecule has 0 saturated carbocycles. The topological polar surface area (TPSA) is 35.5 Å². The molecule has 0 aromatic heterocycles. The van der Waals surface area contributed by atoms with Crippen LogP contribution in [0.4, 0.5) is 0 Å². The Balaban J connectivity index is 1.92. The number of benzene rings is 1. The zero-order chi connectivity index (χ0) is 13.2. The quantitative estimate of drug-likeness (QED) is 0.767. The number of carbonyl (C=O) groups is 1. The highest BCUT2D eigenvalue weighted by Crippen LogP contribution is 2.30. The Kier molecular flexibility index (Phi) is 3.56. The zero-order valence-electron chi connectivity index (χ0n) is 11.4. The fourth-order valence-electron chi connectivity index (χ4n) is 2.94. The summed E-state index contributed by atoms with van der Waals surface area (Å²) in [6, 6.07) is 3.96. The van der Waals surface area contributed by atoms with E-state index in [4.69, 9.17) is 9.47 Å². The van der Waals surface area contributed by atoms with Gasteiger partial charge < -0.3 is 9.47 Å². The summed E-state index contributed by atoms with van der Waals surface area (Å²) >= 11 is 0.